The first-order chi connectivity index (χ1) is 14.3. The normalized spacial score (nSPS) is 42.1. The number of fused-ring (bicyclic) bond motifs is 1. The Labute approximate surface area is 185 Å². The molecule has 1 nitrogen and oxygen atoms in total. The molecule has 1 heteroatoms. The van der Waals surface area contributed by atoms with Crippen LogP contribution in [-0.4, -0.2) is 11.2 Å². The number of allylic oxidation sites excluding steroid dienone is 6. The predicted octanol–water partition coefficient (Wildman–Crippen LogP) is 7.64. The van der Waals surface area contributed by atoms with Crippen LogP contribution in [0.3, 0.4) is 0 Å². The van der Waals surface area contributed by atoms with E-state index in [1.165, 1.54) is 68.9 Å². The van der Waals surface area contributed by atoms with Gasteiger partial charge in [0.25, 0.3) is 0 Å². The maximum Gasteiger partial charge on any atom is 0.0749 e. The smallest absolute Gasteiger partial charge is 0.0749 e. The van der Waals surface area contributed by atoms with Crippen LogP contribution in [0, 0.1) is 40.9 Å². The Morgan fingerprint density at radius 3 is 2.60 bits per heavy atom. The molecule has 0 aromatic heterocycles. The molecule has 4 aliphatic carbocycles. The number of aliphatic hydroxyl groups excluding tert-OH is 1. The molecule has 0 bridgehead atoms. The van der Waals surface area contributed by atoms with Crippen LogP contribution in [0.15, 0.2) is 47.6 Å². The highest BCUT2D eigenvalue weighted by Crippen LogP contribution is 2.59. The van der Waals surface area contributed by atoms with E-state index in [1.54, 1.807) is 5.57 Å². The minimum Gasteiger partial charge on any atom is -0.389 e. The van der Waals surface area contributed by atoms with Crippen molar-refractivity contribution in [3.05, 3.63) is 47.6 Å². The Kier molecular flexibility index (Phi) is 6.50. The van der Waals surface area contributed by atoms with Crippen molar-refractivity contribution < 1.29 is 5.11 Å². The van der Waals surface area contributed by atoms with E-state index in [0.29, 0.717) is 23.2 Å². The SMILES string of the molecule is C=C1/C(=C/C=C2\CCC[C@]3(C)C([C@H](C)/C=C/[C@@H](O)C4CC4)CC[C@@H]23)C[C@@H](C)C[C@@H]1C. The third-order valence-corrected chi connectivity index (χ3v) is 9.22. The predicted molar refractivity (Wildman–Crippen MR) is 128 cm³/mol. The minimum absolute atomic E-state index is 0.209. The van der Waals surface area contributed by atoms with Gasteiger partial charge in [0.1, 0.15) is 0 Å². The van der Waals surface area contributed by atoms with Crippen LogP contribution in [0.4, 0.5) is 0 Å². The van der Waals surface area contributed by atoms with E-state index in [-0.39, 0.29) is 6.10 Å². The fraction of sp³-hybridized carbons (Fsp3) is 0.724. The van der Waals surface area contributed by atoms with E-state index in [1.807, 2.05) is 0 Å². The Morgan fingerprint density at radius 1 is 1.10 bits per heavy atom. The van der Waals surface area contributed by atoms with E-state index in [4.69, 9.17) is 0 Å². The Morgan fingerprint density at radius 2 is 1.87 bits per heavy atom. The van der Waals surface area contributed by atoms with Crippen molar-refractivity contribution in [2.75, 3.05) is 0 Å². The lowest BCUT2D eigenvalue weighted by Gasteiger charge is -2.44. The van der Waals surface area contributed by atoms with Gasteiger partial charge in [-0.3, -0.25) is 0 Å². The lowest BCUT2D eigenvalue weighted by molar-refractivity contribution is 0.111. The summed E-state index contributed by atoms with van der Waals surface area (Å²) >= 11 is 0. The van der Waals surface area contributed by atoms with Crippen LogP contribution in [-0.2, 0) is 0 Å². The van der Waals surface area contributed by atoms with Gasteiger partial charge in [0, 0.05) is 0 Å². The molecule has 4 fully saturated rings. The fourth-order valence-electron chi connectivity index (χ4n) is 7.20. The second-order valence-corrected chi connectivity index (χ2v) is 11.6. The molecular weight excluding hydrogens is 364 g/mol. The molecule has 0 aromatic rings. The van der Waals surface area contributed by atoms with Gasteiger partial charge in [-0.25, -0.2) is 0 Å². The van der Waals surface area contributed by atoms with Gasteiger partial charge in [0.05, 0.1) is 6.10 Å². The number of rotatable bonds is 5. The highest BCUT2D eigenvalue weighted by molar-refractivity contribution is 5.37. The summed E-state index contributed by atoms with van der Waals surface area (Å²) in [7, 11) is 0. The highest BCUT2D eigenvalue weighted by Gasteiger charge is 2.50. The van der Waals surface area contributed by atoms with E-state index < -0.39 is 0 Å². The molecule has 1 N–H and O–H groups in total. The molecule has 0 spiro atoms. The van der Waals surface area contributed by atoms with E-state index in [9.17, 15) is 5.11 Å². The van der Waals surface area contributed by atoms with Gasteiger partial charge < -0.3 is 5.11 Å². The highest BCUT2D eigenvalue weighted by atomic mass is 16.3. The Balaban J connectivity index is 1.48. The third-order valence-electron chi connectivity index (χ3n) is 9.22. The van der Waals surface area contributed by atoms with Crippen LogP contribution in [0.2, 0.25) is 0 Å². The third kappa shape index (κ3) is 4.43. The lowest BCUT2D eigenvalue weighted by atomic mass is 9.61. The van der Waals surface area contributed by atoms with Crippen LogP contribution < -0.4 is 0 Å². The molecule has 0 amide bonds. The molecular formula is C29H44O. The Bertz CT molecular complexity index is 735. The van der Waals surface area contributed by atoms with E-state index in [0.717, 1.165) is 17.8 Å². The molecule has 0 saturated heterocycles. The van der Waals surface area contributed by atoms with Gasteiger partial charge in [0.2, 0.25) is 0 Å². The average molecular weight is 409 g/mol. The standard InChI is InChI=1S/C29H44O/c1-19-17-21(3)22(4)25(18-19)12-9-23-7-6-16-29(5)26(13-14-27(23)29)20(2)8-15-28(30)24-10-11-24/h8-9,12,15,19-21,24,26-28,30H,4,6-7,10-11,13-14,16-18H2,1-3,5H3/b15-8+,23-9+,25-12+/t19-,20+,21-,26?,27-,28+,29+/m0/s1. The summed E-state index contributed by atoms with van der Waals surface area (Å²) in [5.41, 5.74) is 4.99. The van der Waals surface area contributed by atoms with Crippen molar-refractivity contribution in [3.8, 4) is 0 Å². The second kappa shape index (κ2) is 8.81. The summed E-state index contributed by atoms with van der Waals surface area (Å²) in [5, 5.41) is 10.3. The molecule has 4 rings (SSSR count). The molecule has 0 aromatic carbocycles. The molecule has 166 valence electrons. The van der Waals surface area contributed by atoms with E-state index in [2.05, 4.69) is 58.6 Å². The monoisotopic (exact) mass is 408 g/mol. The van der Waals surface area contributed by atoms with Crippen molar-refractivity contribution in [2.45, 2.75) is 91.6 Å². The van der Waals surface area contributed by atoms with Gasteiger partial charge >= 0.3 is 0 Å². The molecule has 4 saturated carbocycles. The molecule has 30 heavy (non-hydrogen) atoms. The van der Waals surface area contributed by atoms with E-state index >= 15 is 0 Å². The van der Waals surface area contributed by atoms with Crippen molar-refractivity contribution >= 4 is 0 Å². The topological polar surface area (TPSA) is 20.2 Å². The van der Waals surface area contributed by atoms with Crippen molar-refractivity contribution in [2.24, 2.45) is 40.9 Å². The zero-order valence-electron chi connectivity index (χ0n) is 19.9. The van der Waals surface area contributed by atoms with Crippen LogP contribution in [0.5, 0.6) is 0 Å². The summed E-state index contributed by atoms with van der Waals surface area (Å²) in [6.45, 7) is 14.1. The maximum absolute atomic E-state index is 10.3. The molecule has 0 radical (unpaired) electrons. The van der Waals surface area contributed by atoms with Gasteiger partial charge in [-0.15, -0.1) is 0 Å². The first kappa shape index (κ1) is 22.1. The molecule has 4 aliphatic rings. The lowest BCUT2D eigenvalue weighted by Crippen LogP contribution is -2.35. The summed E-state index contributed by atoms with van der Waals surface area (Å²) in [4.78, 5) is 0. The first-order valence-corrected chi connectivity index (χ1v) is 12.7. The number of hydrogen-bond donors (Lipinski definition) is 1. The first-order valence-electron chi connectivity index (χ1n) is 12.7. The number of hydrogen-bond acceptors (Lipinski definition) is 1. The molecule has 1 unspecified atom stereocenters. The van der Waals surface area contributed by atoms with Crippen molar-refractivity contribution in [3.63, 3.8) is 0 Å². The average Bonchev–Trinajstić information content (AvgIpc) is 3.49. The van der Waals surface area contributed by atoms with Crippen LogP contribution in [0.25, 0.3) is 0 Å². The maximum atomic E-state index is 10.3. The van der Waals surface area contributed by atoms with Crippen LogP contribution >= 0.6 is 0 Å². The molecule has 0 heterocycles. The zero-order chi connectivity index (χ0) is 21.5. The summed E-state index contributed by atoms with van der Waals surface area (Å²) in [6.07, 6.45) is 20.7. The van der Waals surface area contributed by atoms with Crippen molar-refractivity contribution in [1.82, 2.24) is 0 Å². The largest absolute Gasteiger partial charge is 0.389 e. The summed E-state index contributed by atoms with van der Waals surface area (Å²) in [6, 6.07) is 0. The number of aliphatic hydroxyl groups is 1. The second-order valence-electron chi connectivity index (χ2n) is 11.6. The van der Waals surface area contributed by atoms with Gasteiger partial charge in [0.15, 0.2) is 0 Å². The minimum atomic E-state index is -0.209. The molecule has 7 atom stereocenters. The van der Waals surface area contributed by atoms with Crippen LogP contribution in [0.1, 0.15) is 85.5 Å². The fourth-order valence-corrected chi connectivity index (χ4v) is 7.20. The van der Waals surface area contributed by atoms with Gasteiger partial charge in [-0.05, 0) is 110 Å². The zero-order valence-corrected chi connectivity index (χ0v) is 19.9. The summed E-state index contributed by atoms with van der Waals surface area (Å²) < 4.78 is 0. The Hall–Kier alpha value is -1.08. The van der Waals surface area contributed by atoms with Gasteiger partial charge in [-0.1, -0.05) is 64.2 Å². The van der Waals surface area contributed by atoms with Gasteiger partial charge in [-0.2, -0.15) is 0 Å². The summed E-state index contributed by atoms with van der Waals surface area (Å²) in [5.74, 6) is 3.99. The molecule has 0 aliphatic heterocycles. The van der Waals surface area contributed by atoms with Crippen molar-refractivity contribution in [1.29, 1.82) is 0 Å². The quantitative estimate of drug-likeness (QED) is 0.463.